The number of ether oxygens (including phenoxy) is 14. The smallest absolute Gasteiger partial charge is 0.407 e. The summed E-state index contributed by atoms with van der Waals surface area (Å²) in [6.07, 6.45) is -11.6. The molecule has 1 aliphatic carbocycles. The van der Waals surface area contributed by atoms with Crippen molar-refractivity contribution in [2.24, 2.45) is 17.8 Å². The quantitative estimate of drug-likeness (QED) is 0.0427. The molecule has 6 aliphatic rings. The minimum absolute atomic E-state index is 0.0867. The maximum Gasteiger partial charge on any atom is 0.407 e. The predicted molar refractivity (Wildman–Crippen MR) is 322 cm³/mol. The summed E-state index contributed by atoms with van der Waals surface area (Å²) in [5, 5.41) is 22.2. The number of alkyl carbamates (subject to hydrolysis) is 1. The molecule has 0 bridgehead atoms. The molecule has 0 radical (unpaired) electrons. The van der Waals surface area contributed by atoms with Crippen LogP contribution in [0.2, 0.25) is 0 Å². The summed E-state index contributed by atoms with van der Waals surface area (Å²) in [6.45, 7) is 10.3. The van der Waals surface area contributed by atoms with Crippen molar-refractivity contribution >= 4 is 12.0 Å². The Morgan fingerprint density at radius 1 is 0.602 bits per heavy atom. The van der Waals surface area contributed by atoms with Gasteiger partial charge in [-0.05, 0) is 45.9 Å². The highest BCUT2D eigenvalue weighted by molar-refractivity contribution is 5.79. The number of aliphatic hydroxyl groups is 1. The molecule has 0 aromatic heterocycles. The monoisotopic (exact) mass is 1200 g/mol. The van der Waals surface area contributed by atoms with Crippen LogP contribution in [0.4, 0.5) is 4.79 Å². The molecule has 18 atom stereocenters. The molecule has 0 spiro atoms. The molecule has 5 fully saturated rings. The van der Waals surface area contributed by atoms with Gasteiger partial charge in [-0.25, -0.2) is 4.79 Å². The first kappa shape index (κ1) is 61.8. The molecule has 1 amide bonds. The number of fused-ring (bicyclic) bond motifs is 4. The Hall–Kier alpha value is -6.46. The van der Waals surface area contributed by atoms with Crippen LogP contribution >= 0.6 is 0 Å². The molecule has 0 saturated carbocycles. The Labute approximate surface area is 514 Å². The molecule has 88 heavy (non-hydrogen) atoms. The molecular formula is C70H80N2O16. The number of nitrogens with one attached hydrogen (secondary N) is 2. The van der Waals surface area contributed by atoms with Gasteiger partial charge in [0, 0.05) is 36.2 Å². The number of hydrogen-bond acceptors (Lipinski definition) is 17. The highest BCUT2D eigenvalue weighted by Crippen LogP contribution is 2.48. The minimum atomic E-state index is -1.17. The topological polar surface area (TPSA) is 202 Å². The highest BCUT2D eigenvalue weighted by Gasteiger charge is 2.61. The normalized spacial score (nSPS) is 32.6. The Kier molecular flexibility index (Phi) is 19.8. The second-order valence-corrected chi connectivity index (χ2v) is 24.0. The molecule has 18 nitrogen and oxygen atoms in total. The van der Waals surface area contributed by atoms with E-state index >= 15 is 0 Å². The van der Waals surface area contributed by atoms with E-state index in [2.05, 4.69) is 36.5 Å². The van der Waals surface area contributed by atoms with Gasteiger partial charge in [0.05, 0.1) is 70.6 Å². The Bertz CT molecular complexity index is 3180. The number of rotatable bonds is 22. The first-order valence-corrected chi connectivity index (χ1v) is 30.7. The van der Waals surface area contributed by atoms with Gasteiger partial charge >= 0.3 is 6.09 Å². The van der Waals surface area contributed by atoms with Gasteiger partial charge in [-0.15, -0.1) is 0 Å². The summed E-state index contributed by atoms with van der Waals surface area (Å²) in [7, 11) is 0. The van der Waals surface area contributed by atoms with E-state index in [4.69, 9.17) is 71.7 Å². The van der Waals surface area contributed by atoms with Crippen LogP contribution in [0.5, 0.6) is 0 Å². The lowest BCUT2D eigenvalue weighted by Gasteiger charge is -2.50. The number of aliphatic hydroxyl groups excluding tert-OH is 1. The van der Waals surface area contributed by atoms with Crippen molar-refractivity contribution in [3.63, 3.8) is 0 Å². The zero-order valence-electron chi connectivity index (χ0n) is 50.3. The van der Waals surface area contributed by atoms with E-state index in [0.717, 1.165) is 44.5 Å². The summed E-state index contributed by atoms with van der Waals surface area (Å²) >= 11 is 0. The Morgan fingerprint density at radius 2 is 1.17 bits per heavy atom. The molecule has 6 aromatic carbocycles. The lowest BCUT2D eigenvalue weighted by molar-refractivity contribution is -0.365. The summed E-state index contributed by atoms with van der Waals surface area (Å²) in [4.78, 5) is 14.0. The van der Waals surface area contributed by atoms with Crippen molar-refractivity contribution in [3.05, 3.63) is 203 Å². The van der Waals surface area contributed by atoms with Crippen LogP contribution in [0.1, 0.15) is 80.2 Å². The predicted octanol–water partition coefficient (Wildman–Crippen LogP) is 10.4. The Balaban J connectivity index is 0.783. The van der Waals surface area contributed by atoms with E-state index in [9.17, 15) is 9.90 Å². The first-order chi connectivity index (χ1) is 42.9. The zero-order valence-corrected chi connectivity index (χ0v) is 50.3. The van der Waals surface area contributed by atoms with Crippen LogP contribution in [0.25, 0.3) is 11.1 Å². The van der Waals surface area contributed by atoms with Gasteiger partial charge in [-0.3, -0.25) is 5.41 Å². The van der Waals surface area contributed by atoms with Crippen LogP contribution in [-0.4, -0.2) is 136 Å². The van der Waals surface area contributed by atoms with Crippen LogP contribution in [0.3, 0.4) is 0 Å². The van der Waals surface area contributed by atoms with Crippen molar-refractivity contribution in [2.75, 3.05) is 33.0 Å². The fourth-order valence-electron chi connectivity index (χ4n) is 13.1. The van der Waals surface area contributed by atoms with Crippen molar-refractivity contribution < 1.29 is 76.2 Å². The molecule has 18 heteroatoms. The first-order valence-electron chi connectivity index (χ1n) is 30.7. The van der Waals surface area contributed by atoms with Crippen LogP contribution in [0, 0.1) is 23.2 Å². The van der Waals surface area contributed by atoms with Crippen molar-refractivity contribution in [1.82, 2.24) is 5.32 Å². The molecule has 5 saturated heterocycles. The highest BCUT2D eigenvalue weighted by atomic mass is 16.8. The maximum absolute atomic E-state index is 14.0. The van der Waals surface area contributed by atoms with E-state index in [1.807, 2.05) is 166 Å². The lowest BCUT2D eigenvalue weighted by atomic mass is 9.87. The Morgan fingerprint density at radius 3 is 1.80 bits per heavy atom. The summed E-state index contributed by atoms with van der Waals surface area (Å²) < 4.78 is 94.0. The number of benzene rings is 6. The third-order valence-corrected chi connectivity index (χ3v) is 17.8. The zero-order chi connectivity index (χ0) is 60.7. The molecule has 5 heterocycles. The average Bonchev–Trinajstić information content (AvgIpc) is 1.75. The van der Waals surface area contributed by atoms with Gasteiger partial charge in [0.2, 0.25) is 6.29 Å². The van der Waals surface area contributed by atoms with E-state index in [1.54, 1.807) is 0 Å². The van der Waals surface area contributed by atoms with Gasteiger partial charge < -0.3 is 76.7 Å². The SMILES string of the molecule is CC(=N)O[C@H]1OC(CO)[C@H](NC(=O)OCC2c3ccccc3-c3ccccc32)C(C)[C@H]1O[C@@H]1OC(C)[C@H](O[C@@H]2OC[C@@H](C)C(O[C@@H]3OC[C@@]4(COCc5ccccc5)O[C@@H](c5ccccc5)OC34)[C@H]2OCc2ccccc2)C(OCc2ccccc2)[C@@H]1C. The second-order valence-electron chi connectivity index (χ2n) is 24.0. The van der Waals surface area contributed by atoms with E-state index < -0.39 is 116 Å². The standard InChI is InChI=1S/C70H80N2O16/c1-42-35-78-66(62(77-38-49-26-14-8-15-27-49)58(42)84-68-63-70(41-80-68,40-75-36-47-22-10-6-11-23-47)88-65(87-63)50-28-16-9-17-29-50)86-61-45(4)81-64(44(3)59(61)76-37-48-24-12-7-13-25-48)85-60-43(2)57(56(34-73)83-67(60)82-46(5)71)72-69(74)79-39-55-53-32-20-18-30-51(53)52-31-19-21-33-54(52)55/h6-33,42-45,55-68,71,73H,34-41H2,1-5H3,(H,72,74)/t42-,43?,44+,45?,56?,57-,58?,59?,60-,61+,62-,63?,64+,65+,66+,67+,68+,70-/m1/s1. The second kappa shape index (κ2) is 28.2. The average molecular weight is 1210 g/mol. The molecule has 466 valence electrons. The van der Waals surface area contributed by atoms with E-state index in [0.29, 0.717) is 6.61 Å². The van der Waals surface area contributed by atoms with Gasteiger partial charge in [0.15, 0.2) is 31.1 Å². The summed E-state index contributed by atoms with van der Waals surface area (Å²) in [6, 6.07) is 55.0. The maximum atomic E-state index is 14.0. The fourth-order valence-corrected chi connectivity index (χ4v) is 13.1. The van der Waals surface area contributed by atoms with Crippen molar-refractivity contribution in [2.45, 2.75) is 152 Å². The largest absolute Gasteiger partial charge is 0.450 e. The number of amides is 1. The number of hydrogen-bond donors (Lipinski definition) is 3. The van der Waals surface area contributed by atoms with Crippen LogP contribution in [0.15, 0.2) is 170 Å². The van der Waals surface area contributed by atoms with Crippen LogP contribution < -0.4 is 5.32 Å². The van der Waals surface area contributed by atoms with Gasteiger partial charge in [-0.2, -0.15) is 0 Å². The van der Waals surface area contributed by atoms with E-state index in [-0.39, 0.29) is 57.4 Å². The lowest BCUT2D eigenvalue weighted by Crippen LogP contribution is -2.64. The fraction of sp³-hybridized carbons (Fsp3) is 0.457. The number of carbonyl (C=O) groups is 1. The third-order valence-electron chi connectivity index (χ3n) is 17.8. The number of carbonyl (C=O) groups excluding carboxylic acids is 1. The van der Waals surface area contributed by atoms with Gasteiger partial charge in [-0.1, -0.05) is 191 Å². The van der Waals surface area contributed by atoms with Crippen LogP contribution in [-0.2, 0) is 86.1 Å². The van der Waals surface area contributed by atoms with E-state index in [1.165, 1.54) is 6.92 Å². The molecule has 6 aromatic rings. The third kappa shape index (κ3) is 13.7. The van der Waals surface area contributed by atoms with Gasteiger partial charge in [0.1, 0.15) is 42.7 Å². The van der Waals surface area contributed by atoms with Gasteiger partial charge in [0.25, 0.3) is 0 Å². The minimum Gasteiger partial charge on any atom is -0.450 e. The molecule has 5 aliphatic heterocycles. The summed E-state index contributed by atoms with van der Waals surface area (Å²) in [5.74, 6) is -1.64. The van der Waals surface area contributed by atoms with Crippen molar-refractivity contribution in [1.29, 1.82) is 5.41 Å². The molecule has 3 N–H and O–H groups in total. The molecule has 12 rings (SSSR count). The van der Waals surface area contributed by atoms with Crippen molar-refractivity contribution in [3.8, 4) is 11.1 Å². The summed E-state index contributed by atoms with van der Waals surface area (Å²) in [5.41, 5.74) is 7.16. The molecule has 6 unspecified atom stereocenters. The molecular weight excluding hydrogens is 1120 g/mol.